The van der Waals surface area contributed by atoms with E-state index >= 15 is 0 Å². The number of halogens is 1. The van der Waals surface area contributed by atoms with Gasteiger partial charge in [0.05, 0.1) is 0 Å². The molecule has 0 radical (unpaired) electrons. The molecule has 0 aliphatic carbocycles. The zero-order valence-electron chi connectivity index (χ0n) is 15.4. The number of amides is 1. The molecule has 0 N–H and O–H groups in total. The Morgan fingerprint density at radius 3 is 2.71 bits per heavy atom. The number of aromatic nitrogens is 2. The second kappa shape index (κ2) is 8.62. The molecular weight excluding hydrogens is 379 g/mol. The number of carbonyl (C=O) groups is 1. The van der Waals surface area contributed by atoms with Gasteiger partial charge in [-0.25, -0.2) is 4.39 Å². The summed E-state index contributed by atoms with van der Waals surface area (Å²) in [6.07, 6.45) is 0.782. The molecule has 146 valence electrons. The maximum Gasteiger partial charge on any atom is 0.248 e. The van der Waals surface area contributed by atoms with E-state index in [9.17, 15) is 9.18 Å². The summed E-state index contributed by atoms with van der Waals surface area (Å²) in [6.45, 7) is 3.35. The van der Waals surface area contributed by atoms with E-state index < -0.39 is 0 Å². The predicted octanol–water partition coefficient (Wildman–Crippen LogP) is 3.21. The Bertz CT molecular complexity index is 920. The molecule has 3 aromatic rings. The number of rotatable bonds is 6. The van der Waals surface area contributed by atoms with Crippen LogP contribution < -0.4 is 0 Å². The second-order valence-electron chi connectivity index (χ2n) is 6.76. The predicted molar refractivity (Wildman–Crippen MR) is 104 cm³/mol. The Hall–Kier alpha value is -2.58. The van der Waals surface area contributed by atoms with Gasteiger partial charge >= 0.3 is 0 Å². The molecule has 1 aliphatic heterocycles. The van der Waals surface area contributed by atoms with Gasteiger partial charge in [-0.3, -0.25) is 9.69 Å². The Kier molecular flexibility index (Phi) is 5.78. The molecule has 8 heteroatoms. The van der Waals surface area contributed by atoms with Crippen LogP contribution in [0.15, 0.2) is 45.5 Å². The Morgan fingerprint density at radius 1 is 1.14 bits per heavy atom. The van der Waals surface area contributed by atoms with Crippen molar-refractivity contribution in [3.05, 3.63) is 58.4 Å². The first-order valence-electron chi connectivity index (χ1n) is 9.27. The molecular formula is C20H21FN4O2S. The zero-order valence-corrected chi connectivity index (χ0v) is 16.2. The van der Waals surface area contributed by atoms with Crippen LogP contribution in [-0.2, 0) is 17.8 Å². The lowest BCUT2D eigenvalue weighted by Gasteiger charge is -2.34. The van der Waals surface area contributed by atoms with Gasteiger partial charge < -0.3 is 9.32 Å². The summed E-state index contributed by atoms with van der Waals surface area (Å²) in [5.41, 5.74) is 1.60. The van der Waals surface area contributed by atoms with Gasteiger partial charge in [-0.15, -0.1) is 10.2 Å². The fraction of sp³-hybridized carbons (Fsp3) is 0.350. The van der Waals surface area contributed by atoms with Gasteiger partial charge in [0.15, 0.2) is 0 Å². The molecule has 1 fully saturated rings. The highest BCUT2D eigenvalue weighted by atomic mass is 32.1. The third-order valence-corrected chi connectivity index (χ3v) is 5.55. The van der Waals surface area contributed by atoms with Gasteiger partial charge in [0, 0.05) is 62.1 Å². The first-order valence-corrected chi connectivity index (χ1v) is 10.2. The molecule has 0 atom stereocenters. The fourth-order valence-corrected chi connectivity index (χ4v) is 3.88. The fourth-order valence-electron chi connectivity index (χ4n) is 3.25. The topological polar surface area (TPSA) is 62.5 Å². The summed E-state index contributed by atoms with van der Waals surface area (Å²) in [4.78, 5) is 16.5. The number of carbonyl (C=O) groups excluding carboxylic acids is 1. The molecule has 0 spiro atoms. The van der Waals surface area contributed by atoms with Crippen LogP contribution in [0.2, 0.25) is 0 Å². The third kappa shape index (κ3) is 4.45. The molecule has 1 aromatic carbocycles. The average Bonchev–Trinajstić information content (AvgIpc) is 3.40. The molecule has 1 amide bonds. The minimum Gasteiger partial charge on any atom is -0.421 e. The van der Waals surface area contributed by atoms with Crippen molar-refractivity contribution in [2.24, 2.45) is 0 Å². The lowest BCUT2D eigenvalue weighted by molar-refractivity contribution is -0.133. The largest absolute Gasteiger partial charge is 0.421 e. The van der Waals surface area contributed by atoms with E-state index in [1.54, 1.807) is 17.4 Å². The number of hydrogen-bond donors (Lipinski definition) is 0. The molecule has 1 aliphatic rings. The molecule has 28 heavy (non-hydrogen) atoms. The molecule has 0 saturated carbocycles. The summed E-state index contributed by atoms with van der Waals surface area (Å²) in [7, 11) is 0. The van der Waals surface area contributed by atoms with Crippen LogP contribution in [0.1, 0.15) is 17.9 Å². The summed E-state index contributed by atoms with van der Waals surface area (Å²) in [5, 5.41) is 12.0. The number of nitrogens with zero attached hydrogens (tertiary/aromatic N) is 4. The second-order valence-corrected chi connectivity index (χ2v) is 7.54. The third-order valence-electron chi connectivity index (χ3n) is 4.86. The van der Waals surface area contributed by atoms with Gasteiger partial charge in [0.1, 0.15) is 5.82 Å². The van der Waals surface area contributed by atoms with E-state index in [2.05, 4.69) is 15.1 Å². The lowest BCUT2D eigenvalue weighted by atomic mass is 10.1. The Morgan fingerprint density at radius 2 is 1.96 bits per heavy atom. The van der Waals surface area contributed by atoms with E-state index in [0.717, 1.165) is 18.7 Å². The number of hydrogen-bond acceptors (Lipinski definition) is 6. The highest BCUT2D eigenvalue weighted by Crippen LogP contribution is 2.21. The van der Waals surface area contributed by atoms with E-state index in [0.29, 0.717) is 49.8 Å². The lowest BCUT2D eigenvalue weighted by Crippen LogP contribution is -2.48. The quantitative estimate of drug-likeness (QED) is 0.636. The zero-order chi connectivity index (χ0) is 19.3. The van der Waals surface area contributed by atoms with Crippen LogP contribution in [0.4, 0.5) is 4.39 Å². The maximum atomic E-state index is 13.8. The van der Waals surface area contributed by atoms with Crippen molar-refractivity contribution in [1.82, 2.24) is 20.0 Å². The first-order chi connectivity index (χ1) is 13.7. The van der Waals surface area contributed by atoms with Crippen molar-refractivity contribution in [2.75, 3.05) is 26.2 Å². The Balaban J connectivity index is 1.24. The summed E-state index contributed by atoms with van der Waals surface area (Å²) < 4.78 is 19.4. The average molecular weight is 400 g/mol. The highest BCUT2D eigenvalue weighted by Gasteiger charge is 2.22. The van der Waals surface area contributed by atoms with E-state index in [4.69, 9.17) is 4.42 Å². The number of aryl methyl sites for hydroxylation is 1. The highest BCUT2D eigenvalue weighted by molar-refractivity contribution is 7.08. The van der Waals surface area contributed by atoms with Gasteiger partial charge in [0.2, 0.25) is 17.7 Å². The monoisotopic (exact) mass is 400 g/mol. The van der Waals surface area contributed by atoms with Crippen molar-refractivity contribution < 1.29 is 13.6 Å². The first kappa shape index (κ1) is 18.8. The SMILES string of the molecule is O=C(CCc1nnc(-c2ccsc2)o1)N1CCN(Cc2ccccc2F)CC1. The van der Waals surface area contributed by atoms with E-state index in [1.165, 1.54) is 6.07 Å². The van der Waals surface area contributed by atoms with Crippen LogP contribution >= 0.6 is 11.3 Å². The van der Waals surface area contributed by atoms with Crippen molar-refractivity contribution in [3.63, 3.8) is 0 Å². The Labute approximate surface area is 166 Å². The maximum absolute atomic E-state index is 13.8. The molecule has 0 unspecified atom stereocenters. The molecule has 4 rings (SSSR count). The summed E-state index contributed by atoms with van der Waals surface area (Å²) in [5.74, 6) is 0.876. The van der Waals surface area contributed by atoms with Gasteiger partial charge in [0.25, 0.3) is 0 Å². The molecule has 2 aromatic heterocycles. The van der Waals surface area contributed by atoms with Crippen LogP contribution in [0.25, 0.3) is 11.5 Å². The van der Waals surface area contributed by atoms with Gasteiger partial charge in [-0.1, -0.05) is 18.2 Å². The minimum absolute atomic E-state index is 0.0841. The molecule has 6 nitrogen and oxygen atoms in total. The summed E-state index contributed by atoms with van der Waals surface area (Å²) in [6, 6.07) is 8.76. The van der Waals surface area contributed by atoms with Crippen LogP contribution in [-0.4, -0.2) is 52.1 Å². The number of thiophene rings is 1. The van der Waals surface area contributed by atoms with E-state index in [1.807, 2.05) is 33.9 Å². The molecule has 1 saturated heterocycles. The van der Waals surface area contributed by atoms with E-state index in [-0.39, 0.29) is 11.7 Å². The van der Waals surface area contributed by atoms with Crippen molar-refractivity contribution in [1.29, 1.82) is 0 Å². The van der Waals surface area contributed by atoms with Crippen LogP contribution in [0.3, 0.4) is 0 Å². The number of benzene rings is 1. The molecule has 0 bridgehead atoms. The molecule has 3 heterocycles. The van der Waals surface area contributed by atoms with Crippen LogP contribution in [0, 0.1) is 5.82 Å². The smallest absolute Gasteiger partial charge is 0.248 e. The van der Waals surface area contributed by atoms with Crippen LogP contribution in [0.5, 0.6) is 0 Å². The van der Waals surface area contributed by atoms with Crippen molar-refractivity contribution in [3.8, 4) is 11.5 Å². The number of piperazine rings is 1. The van der Waals surface area contributed by atoms with Crippen molar-refractivity contribution in [2.45, 2.75) is 19.4 Å². The van der Waals surface area contributed by atoms with Crippen molar-refractivity contribution >= 4 is 17.2 Å². The minimum atomic E-state index is -0.178. The standard InChI is InChI=1S/C20H21FN4O2S/c21-17-4-2-1-3-15(17)13-24-8-10-25(11-9-24)19(26)6-5-18-22-23-20(27-18)16-7-12-28-14-16/h1-4,7,12,14H,5-6,8-11,13H2. The summed E-state index contributed by atoms with van der Waals surface area (Å²) >= 11 is 1.57. The van der Waals surface area contributed by atoms with Gasteiger partial charge in [-0.2, -0.15) is 11.3 Å². The van der Waals surface area contributed by atoms with Gasteiger partial charge in [-0.05, 0) is 17.5 Å². The normalized spacial score (nSPS) is 15.1.